The fourth-order valence-electron chi connectivity index (χ4n) is 1.39. The topological polar surface area (TPSA) is 24.7 Å². The minimum Gasteiger partial charge on any atom is -0.194 e. The van der Waals surface area contributed by atoms with Gasteiger partial charge in [-0.05, 0) is 12.8 Å². The summed E-state index contributed by atoms with van der Waals surface area (Å²) in [4.78, 5) is 0. The van der Waals surface area contributed by atoms with Crippen LogP contribution in [-0.2, 0) is 0 Å². The molecule has 0 amide bonds. The van der Waals surface area contributed by atoms with Gasteiger partial charge in [-0.1, -0.05) is 32.1 Å². The Balaban J connectivity index is 2.11. The molecule has 0 aromatic heterocycles. The Morgan fingerprint density at radius 1 is 0.455 bits per heavy atom. The molecule has 0 fully saturated rings. The van der Waals surface area contributed by atoms with Crippen molar-refractivity contribution in [1.29, 1.82) is 0 Å². The van der Waals surface area contributed by atoms with Gasteiger partial charge in [0.1, 0.15) is 0 Å². The summed E-state index contributed by atoms with van der Waals surface area (Å²) < 4.78 is 0. The molecule has 2 nitrogen and oxygen atoms in total. The zero-order valence-electron chi connectivity index (χ0n) is 7.26. The zero-order valence-corrected chi connectivity index (χ0v) is 7.26. The number of hydrogen-bond acceptors (Lipinski definition) is 2. The molecule has 0 radical (unpaired) electrons. The van der Waals surface area contributed by atoms with E-state index in [4.69, 9.17) is 0 Å². The first-order chi connectivity index (χ1) is 5.50. The predicted octanol–water partition coefficient (Wildman–Crippen LogP) is 3.18. The second-order valence-corrected chi connectivity index (χ2v) is 3.20. The minimum absolute atomic E-state index is 0.958. The SMILES string of the molecule is C1CCCCN=NCCCC1. The molecular formula is C9H18N2. The van der Waals surface area contributed by atoms with Gasteiger partial charge in [0.2, 0.25) is 0 Å². The third-order valence-electron chi connectivity index (χ3n) is 2.12. The van der Waals surface area contributed by atoms with Crippen LogP contribution in [0.15, 0.2) is 10.2 Å². The number of azo groups is 1. The lowest BCUT2D eigenvalue weighted by Crippen LogP contribution is -1.81. The standard InChI is InChI=1S/C9H18N2/c1-2-4-6-8-10-11-9-7-5-3-1/h1-9H2. The Morgan fingerprint density at radius 3 is 1.27 bits per heavy atom. The zero-order chi connectivity index (χ0) is 7.78. The molecule has 0 aromatic carbocycles. The van der Waals surface area contributed by atoms with Crippen LogP contribution in [0.4, 0.5) is 0 Å². The second-order valence-electron chi connectivity index (χ2n) is 3.20. The summed E-state index contributed by atoms with van der Waals surface area (Å²) >= 11 is 0. The lowest BCUT2D eigenvalue weighted by molar-refractivity contribution is 0.596. The van der Waals surface area contributed by atoms with Gasteiger partial charge in [0.05, 0.1) is 13.1 Å². The molecule has 0 N–H and O–H groups in total. The van der Waals surface area contributed by atoms with Crippen molar-refractivity contribution in [2.24, 2.45) is 10.2 Å². The van der Waals surface area contributed by atoms with Crippen LogP contribution >= 0.6 is 0 Å². The quantitative estimate of drug-likeness (QED) is 0.512. The Kier molecular flexibility index (Phi) is 4.99. The number of nitrogens with zero attached hydrogens (tertiary/aromatic N) is 2. The van der Waals surface area contributed by atoms with Crippen LogP contribution in [0.5, 0.6) is 0 Å². The molecule has 2 heteroatoms. The molecule has 0 unspecified atom stereocenters. The van der Waals surface area contributed by atoms with Crippen molar-refractivity contribution in [3.05, 3.63) is 0 Å². The normalized spacial score (nSPS) is 22.5. The molecule has 0 spiro atoms. The fourth-order valence-corrected chi connectivity index (χ4v) is 1.39. The van der Waals surface area contributed by atoms with E-state index in [1.807, 2.05) is 0 Å². The smallest absolute Gasteiger partial charge is 0.0598 e. The largest absolute Gasteiger partial charge is 0.194 e. The highest BCUT2D eigenvalue weighted by Gasteiger charge is 1.93. The molecule has 0 atom stereocenters. The van der Waals surface area contributed by atoms with E-state index >= 15 is 0 Å². The van der Waals surface area contributed by atoms with Gasteiger partial charge < -0.3 is 0 Å². The van der Waals surface area contributed by atoms with Crippen molar-refractivity contribution >= 4 is 0 Å². The van der Waals surface area contributed by atoms with Crippen LogP contribution in [0.25, 0.3) is 0 Å². The molecule has 0 bridgehead atoms. The molecule has 1 aliphatic heterocycles. The third-order valence-corrected chi connectivity index (χ3v) is 2.12. The summed E-state index contributed by atoms with van der Waals surface area (Å²) in [6.07, 6.45) is 9.39. The van der Waals surface area contributed by atoms with E-state index in [1.54, 1.807) is 0 Å². The van der Waals surface area contributed by atoms with Crippen molar-refractivity contribution in [2.75, 3.05) is 13.1 Å². The summed E-state index contributed by atoms with van der Waals surface area (Å²) in [5, 5.41) is 8.20. The summed E-state index contributed by atoms with van der Waals surface area (Å²) in [6, 6.07) is 0. The Bertz CT molecular complexity index is 98.1. The van der Waals surface area contributed by atoms with Gasteiger partial charge in [0.15, 0.2) is 0 Å². The summed E-state index contributed by atoms with van der Waals surface area (Å²) in [6.45, 7) is 1.92. The van der Waals surface area contributed by atoms with Crippen LogP contribution in [0.3, 0.4) is 0 Å². The minimum atomic E-state index is 0.958. The molecule has 1 rings (SSSR count). The monoisotopic (exact) mass is 154 g/mol. The maximum absolute atomic E-state index is 4.10. The Labute approximate surface area is 69.1 Å². The Morgan fingerprint density at radius 2 is 0.818 bits per heavy atom. The number of rotatable bonds is 0. The number of hydrogen-bond donors (Lipinski definition) is 0. The third kappa shape index (κ3) is 4.93. The van der Waals surface area contributed by atoms with Gasteiger partial charge in [-0.25, -0.2) is 0 Å². The maximum Gasteiger partial charge on any atom is 0.0598 e. The van der Waals surface area contributed by atoms with Crippen LogP contribution in [-0.4, -0.2) is 13.1 Å². The average molecular weight is 154 g/mol. The van der Waals surface area contributed by atoms with Crippen molar-refractivity contribution in [2.45, 2.75) is 44.9 Å². The molecular weight excluding hydrogens is 136 g/mol. The average Bonchev–Trinajstić information content (AvgIpc) is 2.08. The van der Waals surface area contributed by atoms with Gasteiger partial charge in [-0.15, -0.1) is 0 Å². The highest BCUT2D eigenvalue weighted by molar-refractivity contribution is 4.51. The van der Waals surface area contributed by atoms with E-state index in [1.165, 1.54) is 44.9 Å². The van der Waals surface area contributed by atoms with Crippen LogP contribution in [0.1, 0.15) is 44.9 Å². The van der Waals surface area contributed by atoms with Crippen molar-refractivity contribution in [3.8, 4) is 0 Å². The lowest BCUT2D eigenvalue weighted by atomic mass is 10.1. The first kappa shape index (κ1) is 8.69. The second kappa shape index (κ2) is 6.32. The van der Waals surface area contributed by atoms with Gasteiger partial charge >= 0.3 is 0 Å². The van der Waals surface area contributed by atoms with Crippen LogP contribution < -0.4 is 0 Å². The van der Waals surface area contributed by atoms with E-state index in [9.17, 15) is 0 Å². The molecule has 0 aliphatic carbocycles. The van der Waals surface area contributed by atoms with E-state index in [-0.39, 0.29) is 0 Å². The predicted molar refractivity (Wildman–Crippen MR) is 46.9 cm³/mol. The summed E-state index contributed by atoms with van der Waals surface area (Å²) in [5.41, 5.74) is 0. The molecule has 11 heavy (non-hydrogen) atoms. The van der Waals surface area contributed by atoms with E-state index < -0.39 is 0 Å². The van der Waals surface area contributed by atoms with E-state index in [0.29, 0.717) is 0 Å². The maximum atomic E-state index is 4.10. The highest BCUT2D eigenvalue weighted by Crippen LogP contribution is 2.08. The summed E-state index contributed by atoms with van der Waals surface area (Å²) in [7, 11) is 0. The molecule has 0 aromatic rings. The lowest BCUT2D eigenvalue weighted by Gasteiger charge is -1.96. The van der Waals surface area contributed by atoms with Crippen molar-refractivity contribution in [1.82, 2.24) is 0 Å². The van der Waals surface area contributed by atoms with Crippen molar-refractivity contribution < 1.29 is 0 Å². The molecule has 0 saturated heterocycles. The molecule has 0 saturated carbocycles. The molecule has 1 heterocycles. The van der Waals surface area contributed by atoms with E-state index in [0.717, 1.165) is 13.1 Å². The Hall–Kier alpha value is -0.400. The fraction of sp³-hybridized carbons (Fsp3) is 1.00. The first-order valence-corrected chi connectivity index (χ1v) is 4.83. The molecule has 64 valence electrons. The van der Waals surface area contributed by atoms with Crippen LogP contribution in [0, 0.1) is 0 Å². The summed E-state index contributed by atoms with van der Waals surface area (Å²) in [5.74, 6) is 0. The first-order valence-electron chi connectivity index (χ1n) is 4.83. The van der Waals surface area contributed by atoms with Gasteiger partial charge in [0, 0.05) is 0 Å². The van der Waals surface area contributed by atoms with Gasteiger partial charge in [-0.2, -0.15) is 10.2 Å². The van der Waals surface area contributed by atoms with Gasteiger partial charge in [-0.3, -0.25) is 0 Å². The van der Waals surface area contributed by atoms with E-state index in [2.05, 4.69) is 10.2 Å². The van der Waals surface area contributed by atoms with Crippen LogP contribution in [0.2, 0.25) is 0 Å². The molecule has 1 aliphatic rings. The highest BCUT2D eigenvalue weighted by atomic mass is 15.1. The van der Waals surface area contributed by atoms with Crippen molar-refractivity contribution in [3.63, 3.8) is 0 Å². The van der Waals surface area contributed by atoms with Gasteiger partial charge in [0.25, 0.3) is 0 Å².